The van der Waals surface area contributed by atoms with Gasteiger partial charge in [-0.1, -0.05) is 25.4 Å². The largest absolute Gasteiger partial charge is 0.332 e. The number of hydrogen-bond donors (Lipinski definition) is 1. The third kappa shape index (κ3) is 2.71. The monoisotopic (exact) mass is 286 g/mol. The summed E-state index contributed by atoms with van der Waals surface area (Å²) in [6.45, 7) is 5.92. The highest BCUT2D eigenvalue weighted by Crippen LogP contribution is 2.26. The minimum atomic E-state index is 0.0850. The number of carbonyl (C=O) groups is 1. The van der Waals surface area contributed by atoms with Crippen molar-refractivity contribution in [1.29, 1.82) is 0 Å². The molecule has 0 saturated carbocycles. The number of rotatable bonds is 3. The van der Waals surface area contributed by atoms with Crippen LogP contribution < -0.4 is 5.32 Å². The normalized spacial score (nSPS) is 24.3. The number of amides is 1. The van der Waals surface area contributed by atoms with E-state index >= 15 is 0 Å². The molecule has 0 aliphatic carbocycles. The second-order valence-electron chi connectivity index (χ2n) is 4.63. The van der Waals surface area contributed by atoms with E-state index in [4.69, 9.17) is 11.6 Å². The quantitative estimate of drug-likeness (QED) is 0.926. The van der Waals surface area contributed by atoms with Crippen LogP contribution in [0.4, 0.5) is 0 Å². The van der Waals surface area contributed by atoms with Gasteiger partial charge in [0.15, 0.2) is 0 Å². The number of thiophene rings is 1. The summed E-state index contributed by atoms with van der Waals surface area (Å²) in [6, 6.07) is 2.47. The minimum Gasteiger partial charge on any atom is -0.332 e. The first kappa shape index (κ1) is 13.8. The van der Waals surface area contributed by atoms with Crippen molar-refractivity contribution in [3.8, 4) is 0 Å². The molecule has 0 radical (unpaired) electrons. The second-order valence-corrected chi connectivity index (χ2v) is 5.95. The summed E-state index contributed by atoms with van der Waals surface area (Å²) in [4.78, 5) is 15.2. The maximum absolute atomic E-state index is 12.5. The molecule has 1 N–H and O–H groups in total. The molecule has 2 atom stereocenters. The first-order valence-electron chi connectivity index (χ1n) is 6.44. The zero-order valence-corrected chi connectivity index (χ0v) is 12.4. The summed E-state index contributed by atoms with van der Waals surface area (Å²) in [5.74, 6) is 0.0850. The molecule has 1 aliphatic heterocycles. The molecule has 2 unspecified atom stereocenters. The molecule has 1 fully saturated rings. The molecule has 2 rings (SSSR count). The van der Waals surface area contributed by atoms with Crippen molar-refractivity contribution < 1.29 is 4.79 Å². The van der Waals surface area contributed by atoms with Crippen LogP contribution in [0.3, 0.4) is 0 Å². The molecule has 0 bridgehead atoms. The summed E-state index contributed by atoms with van der Waals surface area (Å²) < 4.78 is 0. The van der Waals surface area contributed by atoms with Gasteiger partial charge in [0.25, 0.3) is 5.91 Å². The van der Waals surface area contributed by atoms with Crippen molar-refractivity contribution >= 4 is 28.8 Å². The van der Waals surface area contributed by atoms with Crippen molar-refractivity contribution in [2.24, 2.45) is 0 Å². The van der Waals surface area contributed by atoms with Crippen molar-refractivity contribution in [2.45, 2.75) is 38.8 Å². The zero-order chi connectivity index (χ0) is 13.1. The Hall–Kier alpha value is -0.580. The Morgan fingerprint density at radius 3 is 2.89 bits per heavy atom. The number of hydrogen-bond acceptors (Lipinski definition) is 3. The van der Waals surface area contributed by atoms with Gasteiger partial charge in [-0.25, -0.2) is 0 Å². The molecule has 1 aromatic rings. The molecule has 1 saturated heterocycles. The lowest BCUT2D eigenvalue weighted by molar-refractivity contribution is 0.0581. The summed E-state index contributed by atoms with van der Waals surface area (Å²) in [5.41, 5.74) is 0. The Morgan fingerprint density at radius 2 is 2.33 bits per heavy atom. The molecule has 1 aliphatic rings. The van der Waals surface area contributed by atoms with E-state index in [9.17, 15) is 4.79 Å². The number of piperazine rings is 1. The topological polar surface area (TPSA) is 32.3 Å². The lowest BCUT2D eigenvalue weighted by Crippen LogP contribution is -2.57. The molecule has 5 heteroatoms. The third-order valence-corrected chi connectivity index (χ3v) is 4.87. The van der Waals surface area contributed by atoms with Crippen LogP contribution in [0.2, 0.25) is 5.02 Å². The van der Waals surface area contributed by atoms with Gasteiger partial charge in [0.2, 0.25) is 0 Å². The average molecular weight is 287 g/mol. The van der Waals surface area contributed by atoms with E-state index in [1.54, 1.807) is 6.07 Å². The van der Waals surface area contributed by atoms with Gasteiger partial charge in [-0.3, -0.25) is 4.79 Å². The van der Waals surface area contributed by atoms with Crippen molar-refractivity contribution in [3.63, 3.8) is 0 Å². The number of carbonyl (C=O) groups excluding carboxylic acids is 1. The van der Waals surface area contributed by atoms with Crippen LogP contribution in [0.25, 0.3) is 0 Å². The second kappa shape index (κ2) is 6.04. The Balaban J connectivity index is 2.17. The van der Waals surface area contributed by atoms with E-state index in [0.29, 0.717) is 15.9 Å². The van der Waals surface area contributed by atoms with Gasteiger partial charge in [-0.15, -0.1) is 11.3 Å². The fraction of sp³-hybridized carbons (Fsp3) is 0.615. The zero-order valence-electron chi connectivity index (χ0n) is 10.8. The Labute approximate surface area is 117 Å². The highest BCUT2D eigenvalue weighted by molar-refractivity contribution is 7.12. The Kier molecular flexibility index (Phi) is 4.65. The van der Waals surface area contributed by atoms with Crippen LogP contribution in [0.1, 0.15) is 36.4 Å². The lowest BCUT2D eigenvalue weighted by atomic mass is 10.0. The standard InChI is InChI=1S/C13H19ClN2OS/c1-3-9-8-16(10(4-2)7-15-9)13(17)12-11(14)5-6-18-12/h5-6,9-10,15H,3-4,7-8H2,1-2H3. The first-order valence-corrected chi connectivity index (χ1v) is 7.70. The van der Waals surface area contributed by atoms with Crippen LogP contribution in [-0.2, 0) is 0 Å². The first-order chi connectivity index (χ1) is 8.67. The highest BCUT2D eigenvalue weighted by Gasteiger charge is 2.31. The molecule has 3 nitrogen and oxygen atoms in total. The number of halogens is 1. The van der Waals surface area contributed by atoms with Gasteiger partial charge in [-0.05, 0) is 24.3 Å². The van der Waals surface area contributed by atoms with Crippen molar-refractivity contribution in [3.05, 3.63) is 21.3 Å². The molecule has 2 heterocycles. The summed E-state index contributed by atoms with van der Waals surface area (Å²) in [7, 11) is 0. The van der Waals surface area contributed by atoms with E-state index < -0.39 is 0 Å². The maximum Gasteiger partial charge on any atom is 0.265 e. The Morgan fingerprint density at radius 1 is 1.56 bits per heavy atom. The van der Waals surface area contributed by atoms with E-state index in [1.165, 1.54) is 11.3 Å². The average Bonchev–Trinajstić information content (AvgIpc) is 2.83. The van der Waals surface area contributed by atoms with E-state index in [2.05, 4.69) is 19.2 Å². The van der Waals surface area contributed by atoms with E-state index in [-0.39, 0.29) is 11.9 Å². The highest BCUT2D eigenvalue weighted by atomic mass is 35.5. The van der Waals surface area contributed by atoms with Crippen LogP contribution in [0.15, 0.2) is 11.4 Å². The van der Waals surface area contributed by atoms with Gasteiger partial charge in [0, 0.05) is 25.2 Å². The maximum atomic E-state index is 12.5. The summed E-state index contributed by atoms with van der Waals surface area (Å²) in [6.07, 6.45) is 2.01. The molecule has 100 valence electrons. The van der Waals surface area contributed by atoms with Crippen LogP contribution in [0, 0.1) is 0 Å². The van der Waals surface area contributed by atoms with Crippen molar-refractivity contribution in [1.82, 2.24) is 10.2 Å². The Bertz CT molecular complexity index is 421. The third-order valence-electron chi connectivity index (χ3n) is 3.54. The van der Waals surface area contributed by atoms with E-state index in [1.807, 2.05) is 10.3 Å². The predicted octanol–water partition coefficient (Wildman–Crippen LogP) is 3.00. The van der Waals surface area contributed by atoms with Crippen LogP contribution in [-0.4, -0.2) is 36.0 Å². The molecule has 0 aromatic carbocycles. The van der Waals surface area contributed by atoms with E-state index in [0.717, 1.165) is 25.9 Å². The molecular weight excluding hydrogens is 268 g/mol. The molecule has 1 aromatic heterocycles. The fourth-order valence-electron chi connectivity index (χ4n) is 2.33. The number of nitrogens with one attached hydrogen (secondary N) is 1. The smallest absolute Gasteiger partial charge is 0.265 e. The molecule has 18 heavy (non-hydrogen) atoms. The van der Waals surface area contributed by atoms with Gasteiger partial charge in [-0.2, -0.15) is 0 Å². The summed E-state index contributed by atoms with van der Waals surface area (Å²) in [5, 5.41) is 5.94. The molecular formula is C13H19ClN2OS. The predicted molar refractivity (Wildman–Crippen MR) is 76.5 cm³/mol. The molecule has 0 spiro atoms. The van der Waals surface area contributed by atoms with Gasteiger partial charge >= 0.3 is 0 Å². The number of nitrogens with zero attached hydrogens (tertiary/aromatic N) is 1. The van der Waals surface area contributed by atoms with Gasteiger partial charge in [0.05, 0.1) is 5.02 Å². The van der Waals surface area contributed by atoms with Crippen molar-refractivity contribution in [2.75, 3.05) is 13.1 Å². The lowest BCUT2D eigenvalue weighted by Gasteiger charge is -2.39. The molecule has 1 amide bonds. The summed E-state index contributed by atoms with van der Waals surface area (Å²) >= 11 is 7.49. The van der Waals surface area contributed by atoms with Gasteiger partial charge < -0.3 is 10.2 Å². The SMILES string of the molecule is CCC1CN(C(=O)c2sccc2Cl)C(CC)CN1. The van der Waals surface area contributed by atoms with Crippen LogP contribution in [0.5, 0.6) is 0 Å². The van der Waals surface area contributed by atoms with Crippen LogP contribution >= 0.6 is 22.9 Å². The minimum absolute atomic E-state index is 0.0850. The fourth-order valence-corrected chi connectivity index (χ4v) is 3.42. The van der Waals surface area contributed by atoms with Gasteiger partial charge in [0.1, 0.15) is 4.88 Å².